The summed E-state index contributed by atoms with van der Waals surface area (Å²) in [4.78, 5) is 30.4. The molecule has 0 unspecified atom stereocenters. The van der Waals surface area contributed by atoms with Gasteiger partial charge in [-0.15, -0.1) is 0 Å². The van der Waals surface area contributed by atoms with Crippen LogP contribution in [-0.2, 0) is 32.2 Å². The molecule has 0 aliphatic rings. The van der Waals surface area contributed by atoms with E-state index >= 15 is 0 Å². The van der Waals surface area contributed by atoms with Gasteiger partial charge < -0.3 is 30.4 Å². The Morgan fingerprint density at radius 3 is 1.30 bits per heavy atom. The van der Waals surface area contributed by atoms with Crippen molar-refractivity contribution in [2.75, 3.05) is 0 Å². The number of esters is 2. The number of nitriles is 1. The summed E-state index contributed by atoms with van der Waals surface area (Å²) in [7, 11) is 0. The molecule has 0 saturated carbocycles. The average molecular weight is 797 g/mol. The van der Waals surface area contributed by atoms with E-state index in [1.165, 1.54) is 31.9 Å². The minimum Gasteiger partial charge on any atom is -1.00 e. The van der Waals surface area contributed by atoms with E-state index in [1.54, 1.807) is 0 Å². The molecule has 12 heteroatoms. The molecule has 0 bridgehead atoms. The maximum Gasteiger partial charge on any atom is 1.00 e. The molecule has 0 spiro atoms. The van der Waals surface area contributed by atoms with Gasteiger partial charge in [0.25, 0.3) is 0 Å². The molecule has 6 aromatic heterocycles. The van der Waals surface area contributed by atoms with E-state index in [-0.39, 0.29) is 43.6 Å². The fourth-order valence-electron chi connectivity index (χ4n) is 4.12. The fourth-order valence-corrected chi connectivity index (χ4v) is 4.12. The molecule has 6 rings (SSSR count). The van der Waals surface area contributed by atoms with Crippen LogP contribution in [0.4, 0.5) is 0 Å². The molecular formula is C45H74AlLiN6O4. The number of pyridine rings is 3. The van der Waals surface area contributed by atoms with Crippen molar-refractivity contribution in [3.8, 4) is 6.07 Å². The van der Waals surface area contributed by atoms with Crippen LogP contribution in [0.1, 0.15) is 122 Å². The number of nitrogens with one attached hydrogen (secondary N) is 1. The Morgan fingerprint density at radius 1 is 0.596 bits per heavy atom. The molecule has 0 saturated heterocycles. The zero-order chi connectivity index (χ0) is 43.2. The van der Waals surface area contributed by atoms with Crippen molar-refractivity contribution in [1.82, 2.24) is 18.5 Å². The second-order valence-electron chi connectivity index (χ2n) is 9.20. The largest absolute Gasteiger partial charge is 1.00 e. The van der Waals surface area contributed by atoms with E-state index in [1.807, 2.05) is 190 Å². The normalized spacial score (nSPS) is 8.05. The molecule has 0 radical (unpaired) electrons. The average Bonchev–Trinajstić information content (AvgIpc) is 3.99. The molecule has 0 fully saturated rings. The summed E-state index contributed by atoms with van der Waals surface area (Å²) in [6.07, 6.45) is 11.8. The second-order valence-corrected chi connectivity index (χ2v) is 9.20. The molecule has 3 N–H and O–H groups in total. The van der Waals surface area contributed by atoms with Crippen molar-refractivity contribution in [1.29, 1.82) is 5.26 Å². The van der Waals surface area contributed by atoms with Crippen LogP contribution in [0.5, 0.6) is 0 Å². The quantitative estimate of drug-likeness (QED) is 0.113. The van der Waals surface area contributed by atoms with Crippen molar-refractivity contribution in [3.05, 3.63) is 127 Å². The zero-order valence-corrected chi connectivity index (χ0v) is 37.3. The maximum absolute atomic E-state index is 10.8. The number of ether oxygens (including phenoxy) is 1. The van der Waals surface area contributed by atoms with Crippen molar-refractivity contribution >= 4 is 51.8 Å². The van der Waals surface area contributed by atoms with E-state index in [0.717, 1.165) is 22.2 Å². The van der Waals surface area contributed by atoms with Crippen molar-refractivity contribution in [3.63, 3.8) is 0 Å². The first-order valence-corrected chi connectivity index (χ1v) is 19.4. The van der Waals surface area contributed by atoms with Gasteiger partial charge in [-0.25, -0.2) is 0 Å². The minimum absolute atomic E-state index is 0. The van der Waals surface area contributed by atoms with Crippen LogP contribution in [0.25, 0.3) is 16.6 Å². The van der Waals surface area contributed by atoms with Gasteiger partial charge in [-0.2, -0.15) is 5.26 Å². The van der Waals surface area contributed by atoms with Gasteiger partial charge in [0.05, 0.1) is 11.1 Å². The number of carbonyl (C=O) groups excluding carboxylic acids is 3. The number of hydrogen-bond donors (Lipinski definition) is 2. The Kier molecular flexibility index (Phi) is 49.9. The van der Waals surface area contributed by atoms with Crippen LogP contribution in [-0.4, -0.2) is 48.4 Å². The molecule has 57 heavy (non-hydrogen) atoms. The molecule has 0 atom stereocenters. The van der Waals surface area contributed by atoms with Gasteiger partial charge in [0.15, 0.2) is 17.4 Å². The number of amides is 1. The summed E-state index contributed by atoms with van der Waals surface area (Å²) in [5, 5.41) is 11.4. The van der Waals surface area contributed by atoms with Crippen LogP contribution < -0.4 is 29.9 Å². The van der Waals surface area contributed by atoms with Gasteiger partial charge in [0.1, 0.15) is 6.07 Å². The molecule has 0 aromatic carbocycles. The zero-order valence-electron chi connectivity index (χ0n) is 38.3. The number of nitrogens with zero attached hydrogens (tertiary/aromatic N) is 4. The minimum atomic E-state index is -0.562. The van der Waals surface area contributed by atoms with Crippen molar-refractivity contribution in [2.45, 2.75) is 117 Å². The van der Waals surface area contributed by atoms with E-state index in [2.05, 4.69) is 32.7 Å². The van der Waals surface area contributed by atoms with E-state index < -0.39 is 11.9 Å². The monoisotopic (exact) mass is 797 g/mol. The van der Waals surface area contributed by atoms with E-state index in [4.69, 9.17) is 11.0 Å². The number of rotatable bonds is 3. The first-order valence-electron chi connectivity index (χ1n) is 19.4. The first kappa shape index (κ1) is 64.4. The number of aromatic nitrogens is 3. The summed E-state index contributed by atoms with van der Waals surface area (Å²) in [6.45, 7) is 29.1. The predicted octanol–water partition coefficient (Wildman–Crippen LogP) is 6.97. The number of carbonyl (C=O) groups is 3. The van der Waals surface area contributed by atoms with Gasteiger partial charge >= 0.3 is 30.8 Å². The molecule has 10 nitrogen and oxygen atoms in total. The smallest absolute Gasteiger partial charge is 1.00 e. The number of hydrogen-bond acceptors (Lipinski definition) is 6. The summed E-state index contributed by atoms with van der Waals surface area (Å²) >= 11 is 0. The van der Waals surface area contributed by atoms with E-state index in [9.17, 15) is 14.4 Å². The van der Waals surface area contributed by atoms with Crippen LogP contribution >= 0.6 is 0 Å². The predicted molar refractivity (Wildman–Crippen MR) is 244 cm³/mol. The molecule has 6 aromatic rings. The second kappa shape index (κ2) is 44.2. The van der Waals surface area contributed by atoms with Crippen LogP contribution in [0.3, 0.4) is 0 Å². The Morgan fingerprint density at radius 2 is 0.947 bits per heavy atom. The van der Waals surface area contributed by atoms with Crippen LogP contribution in [0.15, 0.2) is 110 Å². The fraction of sp³-hybridized carbons (Fsp3) is 0.378. The standard InChI is InChI=1S/C11H12N2O.C9H10N2.C9H6N2.C4H6O3.6C2H6.Al.Li.4H/c1-9(14)12-8-10-5-7-13-6-3-2-4-11(10)13;2*10-7-8-4-6-11-5-2-1-3-9(8)11;1-3(5)7-4(2)6;6*1-2;;;;;;/h2-7H,8H2,1H3,(H,12,14);1-6H,7,10H2;1-6H;1-2H3;6*1-2H3;;;;;;/q;;;;;;;;;;;+1;;;;-1. The third-order valence-electron chi connectivity index (χ3n) is 6.03. The summed E-state index contributed by atoms with van der Waals surface area (Å²) in [5.41, 5.74) is 11.9. The third-order valence-corrected chi connectivity index (χ3v) is 6.03. The Bertz CT molecular complexity index is 1870. The molecular weight excluding hydrogens is 722 g/mol. The summed E-state index contributed by atoms with van der Waals surface area (Å²) in [6, 6.07) is 25.9. The van der Waals surface area contributed by atoms with Crippen LogP contribution in [0, 0.1) is 11.3 Å². The van der Waals surface area contributed by atoms with Crippen LogP contribution in [0.2, 0.25) is 0 Å². The van der Waals surface area contributed by atoms with Crippen molar-refractivity contribution in [2.24, 2.45) is 5.73 Å². The van der Waals surface area contributed by atoms with Gasteiger partial charge in [0, 0.05) is 82.1 Å². The van der Waals surface area contributed by atoms with Gasteiger partial charge in [-0.3, -0.25) is 14.4 Å². The summed E-state index contributed by atoms with van der Waals surface area (Å²) in [5.74, 6) is -1.12. The van der Waals surface area contributed by atoms with E-state index in [0.29, 0.717) is 13.1 Å². The summed E-state index contributed by atoms with van der Waals surface area (Å²) < 4.78 is 10.0. The SMILES string of the molecule is CC.CC.CC.CC.CC.CC.CC(=O)NCc1ccn2ccccc12.CC(=O)OC(C)=O.N#Cc1ccn2ccccc12.NCc1ccn2ccccc12.[AlH3].[H-].[Li+]. The Balaban J connectivity index is -0.000000110. The van der Waals surface area contributed by atoms with Gasteiger partial charge in [-0.1, -0.05) is 101 Å². The molecule has 0 aliphatic carbocycles. The van der Waals surface area contributed by atoms with Gasteiger partial charge in [-0.05, 0) is 65.7 Å². The maximum atomic E-state index is 10.8. The Hall–Kier alpha value is -4.53. The van der Waals surface area contributed by atoms with Gasteiger partial charge in [0.2, 0.25) is 5.91 Å². The third kappa shape index (κ3) is 26.9. The topological polar surface area (TPSA) is 136 Å². The van der Waals surface area contributed by atoms with Crippen molar-refractivity contribution < 1.29 is 39.4 Å². The number of fused-ring (bicyclic) bond motifs is 3. The first-order chi connectivity index (χ1) is 26.7. The molecule has 6 heterocycles. The molecule has 0 aliphatic heterocycles. The molecule has 1 amide bonds. The number of nitrogens with two attached hydrogens (primary N) is 1. The molecule has 312 valence electrons. The Labute approximate surface area is 368 Å².